The summed E-state index contributed by atoms with van der Waals surface area (Å²) in [5, 5.41) is 6.55. The first kappa shape index (κ1) is 18.0. The summed E-state index contributed by atoms with van der Waals surface area (Å²) in [6.07, 6.45) is 1.51. The normalized spacial score (nSPS) is 15.7. The lowest BCUT2D eigenvalue weighted by molar-refractivity contribution is 0.00701. The average molecular weight is 333 g/mol. The van der Waals surface area contributed by atoms with Gasteiger partial charge in [-0.15, -0.1) is 0 Å². The first-order valence-corrected chi connectivity index (χ1v) is 8.14. The van der Waals surface area contributed by atoms with E-state index in [-0.39, 0.29) is 12.1 Å². The smallest absolute Gasteiger partial charge is 0.410 e. The summed E-state index contributed by atoms with van der Waals surface area (Å²) in [6, 6.07) is 4.13. The molecular weight excluding hydrogens is 306 g/mol. The first-order valence-electron chi connectivity index (χ1n) is 8.14. The van der Waals surface area contributed by atoms with Crippen LogP contribution in [0.4, 0.5) is 4.79 Å². The van der Waals surface area contributed by atoms with Crippen LogP contribution in [-0.4, -0.2) is 53.7 Å². The minimum atomic E-state index is -0.465. The third-order valence-electron chi connectivity index (χ3n) is 3.64. The number of aliphatic imine (C=N–C) groups is 1. The number of hydrogen-bond acceptors (Lipinski definition) is 4. The van der Waals surface area contributed by atoms with E-state index in [1.807, 2.05) is 39.8 Å². The van der Waals surface area contributed by atoms with Gasteiger partial charge in [0.05, 0.1) is 18.3 Å². The van der Waals surface area contributed by atoms with Gasteiger partial charge in [-0.25, -0.2) is 4.79 Å². The van der Waals surface area contributed by atoms with Crippen molar-refractivity contribution in [1.82, 2.24) is 20.5 Å². The van der Waals surface area contributed by atoms with E-state index in [1.54, 1.807) is 18.1 Å². The van der Waals surface area contributed by atoms with Crippen LogP contribution in [0.15, 0.2) is 23.3 Å². The highest BCUT2D eigenvalue weighted by atomic mass is 16.6. The number of nitrogens with one attached hydrogen (secondary N) is 2. The van der Waals surface area contributed by atoms with E-state index in [2.05, 4.69) is 20.6 Å². The van der Waals surface area contributed by atoms with Crippen LogP contribution in [0.25, 0.3) is 0 Å². The highest BCUT2D eigenvalue weighted by Crippen LogP contribution is 2.15. The maximum absolute atomic E-state index is 11.9. The van der Waals surface area contributed by atoms with Crippen molar-refractivity contribution in [3.63, 3.8) is 0 Å². The number of guanidine groups is 1. The predicted molar refractivity (Wildman–Crippen MR) is 93.9 cm³/mol. The molecular formula is C17H27N5O2. The maximum Gasteiger partial charge on any atom is 0.410 e. The number of aryl methyl sites for hydroxylation is 1. The standard InChI is InChI=1S/C17H27N5O2/c1-12-7-6-8-19-14(12)9-20-15(18-5)21-13-10-22(11-13)16(23)24-17(2,3)4/h6-8,13H,9-11H2,1-5H3,(H2,18,20,21). The van der Waals surface area contributed by atoms with E-state index < -0.39 is 5.60 Å². The van der Waals surface area contributed by atoms with E-state index in [1.165, 1.54) is 0 Å². The van der Waals surface area contributed by atoms with Gasteiger partial charge in [-0.1, -0.05) is 6.07 Å². The van der Waals surface area contributed by atoms with Crippen molar-refractivity contribution in [3.8, 4) is 0 Å². The van der Waals surface area contributed by atoms with Crippen LogP contribution < -0.4 is 10.6 Å². The van der Waals surface area contributed by atoms with E-state index in [0.717, 1.165) is 11.3 Å². The quantitative estimate of drug-likeness (QED) is 0.650. The Kier molecular flexibility index (Phi) is 5.64. The highest BCUT2D eigenvalue weighted by molar-refractivity contribution is 5.80. The number of rotatable bonds is 3. The number of pyridine rings is 1. The summed E-state index contributed by atoms with van der Waals surface area (Å²) in [4.78, 5) is 22.2. The molecule has 2 N–H and O–H groups in total. The number of carbonyl (C=O) groups excluding carboxylic acids is 1. The summed E-state index contributed by atoms with van der Waals surface area (Å²) in [6.45, 7) is 9.46. The van der Waals surface area contributed by atoms with Gasteiger partial charge >= 0.3 is 6.09 Å². The zero-order valence-electron chi connectivity index (χ0n) is 15.1. The number of carbonyl (C=O) groups is 1. The molecule has 0 spiro atoms. The number of nitrogens with zero attached hydrogens (tertiary/aromatic N) is 3. The monoisotopic (exact) mass is 333 g/mol. The Balaban J connectivity index is 1.75. The van der Waals surface area contributed by atoms with E-state index >= 15 is 0 Å². The van der Waals surface area contributed by atoms with Gasteiger partial charge < -0.3 is 20.3 Å². The van der Waals surface area contributed by atoms with Crippen molar-refractivity contribution in [3.05, 3.63) is 29.6 Å². The van der Waals surface area contributed by atoms with Crippen LogP contribution in [0.1, 0.15) is 32.0 Å². The zero-order valence-corrected chi connectivity index (χ0v) is 15.1. The third kappa shape index (κ3) is 5.11. The van der Waals surface area contributed by atoms with Crippen LogP contribution in [0.3, 0.4) is 0 Å². The van der Waals surface area contributed by atoms with E-state index in [4.69, 9.17) is 4.74 Å². The predicted octanol–water partition coefficient (Wildman–Crippen LogP) is 1.67. The second kappa shape index (κ2) is 7.51. The zero-order chi connectivity index (χ0) is 17.7. The van der Waals surface area contributed by atoms with Gasteiger partial charge in [0.1, 0.15) is 5.60 Å². The molecule has 0 atom stereocenters. The Hall–Kier alpha value is -2.31. The van der Waals surface area contributed by atoms with E-state index in [0.29, 0.717) is 25.6 Å². The molecule has 1 amide bonds. The number of amides is 1. The molecule has 132 valence electrons. The average Bonchev–Trinajstić information content (AvgIpc) is 2.45. The van der Waals surface area contributed by atoms with Gasteiger partial charge in [0.15, 0.2) is 5.96 Å². The molecule has 0 radical (unpaired) electrons. The van der Waals surface area contributed by atoms with Gasteiger partial charge in [-0.05, 0) is 39.3 Å². The van der Waals surface area contributed by atoms with Crippen molar-refractivity contribution >= 4 is 12.1 Å². The summed E-state index contributed by atoms with van der Waals surface area (Å²) < 4.78 is 5.34. The molecule has 1 aliphatic rings. The minimum Gasteiger partial charge on any atom is -0.444 e. The van der Waals surface area contributed by atoms with Crippen molar-refractivity contribution < 1.29 is 9.53 Å². The Morgan fingerprint density at radius 1 is 1.46 bits per heavy atom. The molecule has 1 aromatic rings. The Morgan fingerprint density at radius 3 is 2.75 bits per heavy atom. The second-order valence-electron chi connectivity index (χ2n) is 6.92. The molecule has 7 heteroatoms. The fourth-order valence-corrected chi connectivity index (χ4v) is 2.30. The fraction of sp³-hybridized carbons (Fsp3) is 0.588. The van der Waals surface area contributed by atoms with E-state index in [9.17, 15) is 4.79 Å². The SMILES string of the molecule is CN=C(NCc1ncccc1C)NC1CN(C(=O)OC(C)(C)C)C1. The number of aromatic nitrogens is 1. The highest BCUT2D eigenvalue weighted by Gasteiger charge is 2.34. The van der Waals surface area contributed by atoms with Crippen LogP contribution in [0.2, 0.25) is 0 Å². The molecule has 0 saturated carbocycles. The number of hydrogen-bond donors (Lipinski definition) is 2. The Morgan fingerprint density at radius 2 is 2.17 bits per heavy atom. The summed E-state index contributed by atoms with van der Waals surface area (Å²) >= 11 is 0. The summed E-state index contributed by atoms with van der Waals surface area (Å²) in [5.74, 6) is 0.703. The van der Waals surface area contributed by atoms with Gasteiger partial charge in [0.25, 0.3) is 0 Å². The van der Waals surface area contributed by atoms with Crippen LogP contribution in [-0.2, 0) is 11.3 Å². The molecule has 0 aromatic carbocycles. The second-order valence-corrected chi connectivity index (χ2v) is 6.92. The lowest BCUT2D eigenvalue weighted by atomic mass is 10.1. The van der Waals surface area contributed by atoms with Crippen molar-refractivity contribution in [2.45, 2.75) is 45.9 Å². The molecule has 2 heterocycles. The first-order chi connectivity index (χ1) is 11.3. The van der Waals surface area contributed by atoms with Crippen molar-refractivity contribution in [2.24, 2.45) is 4.99 Å². The summed E-state index contributed by atoms with van der Waals surface area (Å²) in [7, 11) is 1.73. The molecule has 24 heavy (non-hydrogen) atoms. The van der Waals surface area contributed by atoms with Crippen molar-refractivity contribution in [2.75, 3.05) is 20.1 Å². The molecule has 0 unspecified atom stereocenters. The Labute approximate surface area is 143 Å². The number of ether oxygens (including phenoxy) is 1. The molecule has 7 nitrogen and oxygen atoms in total. The third-order valence-corrected chi connectivity index (χ3v) is 3.64. The molecule has 1 aromatic heterocycles. The van der Waals surface area contributed by atoms with Crippen molar-refractivity contribution in [1.29, 1.82) is 0 Å². The largest absolute Gasteiger partial charge is 0.444 e. The maximum atomic E-state index is 11.9. The van der Waals surface area contributed by atoms with Crippen LogP contribution in [0, 0.1) is 6.92 Å². The lowest BCUT2D eigenvalue weighted by Gasteiger charge is -2.40. The minimum absolute atomic E-state index is 0.175. The molecule has 1 fully saturated rings. The van der Waals surface area contributed by atoms with Gasteiger partial charge in [-0.3, -0.25) is 9.98 Å². The topological polar surface area (TPSA) is 78.9 Å². The number of likely N-dealkylation sites (tertiary alicyclic amines) is 1. The fourth-order valence-electron chi connectivity index (χ4n) is 2.30. The van der Waals surface area contributed by atoms with Gasteiger partial charge in [-0.2, -0.15) is 0 Å². The summed E-state index contributed by atoms with van der Waals surface area (Å²) in [5.41, 5.74) is 1.66. The molecule has 1 aliphatic heterocycles. The molecule has 0 bridgehead atoms. The van der Waals surface area contributed by atoms with Crippen LogP contribution in [0.5, 0.6) is 0 Å². The van der Waals surface area contributed by atoms with Crippen LogP contribution >= 0.6 is 0 Å². The van der Waals surface area contributed by atoms with Gasteiger partial charge in [0, 0.05) is 26.3 Å². The molecule has 1 saturated heterocycles. The molecule has 0 aliphatic carbocycles. The van der Waals surface area contributed by atoms with Gasteiger partial charge in [0.2, 0.25) is 0 Å². The Bertz CT molecular complexity index is 603. The molecule has 2 rings (SSSR count). The lowest BCUT2D eigenvalue weighted by Crippen LogP contribution is -2.63.